The predicted molar refractivity (Wildman–Crippen MR) is 89.0 cm³/mol. The van der Waals surface area contributed by atoms with E-state index in [0.29, 0.717) is 17.6 Å². The maximum Gasteiger partial charge on any atom is 0.288 e. The van der Waals surface area contributed by atoms with E-state index < -0.39 is 11.4 Å². The van der Waals surface area contributed by atoms with Gasteiger partial charge < -0.3 is 9.84 Å². The van der Waals surface area contributed by atoms with Crippen molar-refractivity contribution in [1.29, 1.82) is 0 Å². The van der Waals surface area contributed by atoms with Gasteiger partial charge in [-0.05, 0) is 37.8 Å². The van der Waals surface area contributed by atoms with Gasteiger partial charge in [0.2, 0.25) is 11.7 Å². The average Bonchev–Trinajstić information content (AvgIpc) is 3.05. The summed E-state index contributed by atoms with van der Waals surface area (Å²) in [6.45, 7) is 0. The van der Waals surface area contributed by atoms with Gasteiger partial charge in [0, 0.05) is 12.1 Å². The first-order valence-corrected chi connectivity index (χ1v) is 8.94. The zero-order valence-electron chi connectivity index (χ0n) is 14.1. The first-order chi connectivity index (χ1) is 12.7. The van der Waals surface area contributed by atoms with E-state index in [4.69, 9.17) is 4.52 Å². The van der Waals surface area contributed by atoms with Gasteiger partial charge in [-0.3, -0.25) is 9.20 Å². The van der Waals surface area contributed by atoms with Crippen molar-refractivity contribution >= 4 is 11.4 Å². The van der Waals surface area contributed by atoms with Crippen LogP contribution in [0.15, 0.2) is 29.0 Å². The van der Waals surface area contributed by atoms with Crippen molar-refractivity contribution in [3.63, 3.8) is 0 Å². The molecule has 2 aliphatic carbocycles. The van der Waals surface area contributed by atoms with Crippen molar-refractivity contribution in [2.24, 2.45) is 0 Å². The van der Waals surface area contributed by atoms with Crippen LogP contribution in [0.1, 0.15) is 66.8 Å². The molecule has 3 heterocycles. The van der Waals surface area contributed by atoms with Crippen LogP contribution >= 0.6 is 0 Å². The molecule has 7 nitrogen and oxygen atoms in total. The highest BCUT2D eigenvalue weighted by molar-refractivity contribution is 5.92. The Morgan fingerprint density at radius 3 is 2.92 bits per heavy atom. The Labute approximate surface area is 148 Å². The average molecular weight is 355 g/mol. The fourth-order valence-electron chi connectivity index (χ4n) is 3.74. The summed E-state index contributed by atoms with van der Waals surface area (Å²) in [6, 6.07) is 2.89. The smallest absolute Gasteiger partial charge is 0.288 e. The van der Waals surface area contributed by atoms with Crippen LogP contribution < -0.4 is 5.32 Å². The van der Waals surface area contributed by atoms with Crippen LogP contribution in [0, 0.1) is 5.82 Å². The Hall–Kier alpha value is -2.77. The molecule has 0 unspecified atom stereocenters. The van der Waals surface area contributed by atoms with Crippen LogP contribution in [0.25, 0.3) is 5.52 Å². The highest BCUT2D eigenvalue weighted by Gasteiger charge is 2.43. The summed E-state index contributed by atoms with van der Waals surface area (Å²) >= 11 is 0. The summed E-state index contributed by atoms with van der Waals surface area (Å²) in [5, 5.41) is 7.22. The van der Waals surface area contributed by atoms with Crippen molar-refractivity contribution in [2.45, 2.75) is 50.0 Å². The van der Waals surface area contributed by atoms with E-state index in [0.717, 1.165) is 38.5 Å². The number of hydrogen-bond acceptors (Lipinski definition) is 5. The molecular weight excluding hydrogens is 337 g/mol. The quantitative estimate of drug-likeness (QED) is 0.778. The van der Waals surface area contributed by atoms with E-state index >= 15 is 0 Å². The van der Waals surface area contributed by atoms with Gasteiger partial charge in [0.15, 0.2) is 5.82 Å². The Balaban J connectivity index is 1.48. The molecule has 1 amide bonds. The summed E-state index contributed by atoms with van der Waals surface area (Å²) in [6.07, 6.45) is 8.60. The minimum Gasteiger partial charge on any atom is -0.339 e. The first-order valence-electron chi connectivity index (χ1n) is 8.94. The number of pyridine rings is 1. The van der Waals surface area contributed by atoms with Crippen molar-refractivity contribution in [1.82, 2.24) is 24.8 Å². The van der Waals surface area contributed by atoms with Crippen molar-refractivity contribution in [2.75, 3.05) is 0 Å². The highest BCUT2D eigenvalue weighted by atomic mass is 19.1. The monoisotopic (exact) mass is 355 g/mol. The van der Waals surface area contributed by atoms with Crippen molar-refractivity contribution in [3.05, 3.63) is 47.9 Å². The predicted octanol–water partition coefficient (Wildman–Crippen LogP) is 2.93. The maximum absolute atomic E-state index is 13.9. The zero-order chi connectivity index (χ0) is 17.7. The van der Waals surface area contributed by atoms with Gasteiger partial charge in [0.25, 0.3) is 5.91 Å². The number of nitrogens with zero attached hydrogens (tertiary/aromatic N) is 4. The number of carbonyl (C=O) groups excluding carboxylic acids is 1. The number of aromatic nitrogens is 4. The molecule has 0 aliphatic heterocycles. The van der Waals surface area contributed by atoms with Crippen LogP contribution in [-0.4, -0.2) is 25.4 Å². The van der Waals surface area contributed by atoms with Gasteiger partial charge >= 0.3 is 0 Å². The van der Waals surface area contributed by atoms with Gasteiger partial charge in [-0.2, -0.15) is 4.98 Å². The van der Waals surface area contributed by atoms with Crippen LogP contribution in [0.4, 0.5) is 4.39 Å². The molecule has 134 valence electrons. The number of hydrogen-bond donors (Lipinski definition) is 1. The molecule has 0 bridgehead atoms. The summed E-state index contributed by atoms with van der Waals surface area (Å²) in [5.41, 5.74) is -0.374. The number of fused-ring (bicyclic) bond motifs is 1. The number of imidazole rings is 1. The zero-order valence-corrected chi connectivity index (χ0v) is 14.1. The summed E-state index contributed by atoms with van der Waals surface area (Å²) < 4.78 is 20.7. The lowest BCUT2D eigenvalue weighted by atomic mass is 9.96. The molecule has 3 aromatic heterocycles. The number of nitrogens with one attached hydrogen (secondary N) is 1. The second-order valence-electron chi connectivity index (χ2n) is 7.17. The molecule has 26 heavy (non-hydrogen) atoms. The third-order valence-electron chi connectivity index (χ3n) is 5.33. The molecule has 2 aliphatic rings. The Kier molecular flexibility index (Phi) is 3.35. The van der Waals surface area contributed by atoms with E-state index in [9.17, 15) is 9.18 Å². The Morgan fingerprint density at radius 2 is 2.15 bits per heavy atom. The lowest BCUT2D eigenvalue weighted by Gasteiger charge is -2.26. The SMILES string of the molecule is O=C(NC1(c2noc(C3CC3)n2)CCCC1)c1ncc2c(F)cccn12. The fourth-order valence-corrected chi connectivity index (χ4v) is 3.74. The molecule has 0 aromatic carbocycles. The normalized spacial score (nSPS) is 19.1. The number of carbonyl (C=O) groups is 1. The van der Waals surface area contributed by atoms with Gasteiger partial charge in [0.05, 0.1) is 6.20 Å². The van der Waals surface area contributed by atoms with E-state index in [1.165, 1.54) is 16.7 Å². The Morgan fingerprint density at radius 1 is 1.35 bits per heavy atom. The van der Waals surface area contributed by atoms with E-state index in [-0.39, 0.29) is 17.2 Å². The largest absolute Gasteiger partial charge is 0.339 e. The minimum atomic E-state index is -0.646. The molecule has 0 saturated heterocycles. The Bertz CT molecular complexity index is 985. The van der Waals surface area contributed by atoms with Crippen LogP contribution in [0.5, 0.6) is 0 Å². The van der Waals surface area contributed by atoms with Gasteiger partial charge in [-0.25, -0.2) is 9.37 Å². The lowest BCUT2D eigenvalue weighted by molar-refractivity contribution is 0.0880. The summed E-state index contributed by atoms with van der Waals surface area (Å²) in [7, 11) is 0. The third kappa shape index (κ3) is 2.40. The molecule has 0 atom stereocenters. The van der Waals surface area contributed by atoms with Gasteiger partial charge in [0.1, 0.15) is 16.9 Å². The molecule has 1 N–H and O–H groups in total. The van der Waals surface area contributed by atoms with E-state index in [2.05, 4.69) is 20.4 Å². The lowest BCUT2D eigenvalue weighted by Crippen LogP contribution is -2.45. The molecule has 3 aromatic rings. The maximum atomic E-state index is 13.9. The second-order valence-corrected chi connectivity index (χ2v) is 7.17. The van der Waals surface area contributed by atoms with Crippen LogP contribution in [0.2, 0.25) is 0 Å². The van der Waals surface area contributed by atoms with Gasteiger partial charge in [-0.1, -0.05) is 18.0 Å². The molecular formula is C18H18FN5O2. The minimum absolute atomic E-state index is 0.150. The highest BCUT2D eigenvalue weighted by Crippen LogP contribution is 2.42. The molecule has 0 spiro atoms. The second kappa shape index (κ2) is 5.62. The number of halogens is 1. The first kappa shape index (κ1) is 15.5. The molecule has 2 saturated carbocycles. The molecule has 5 rings (SSSR count). The fraction of sp³-hybridized carbons (Fsp3) is 0.444. The van der Waals surface area contributed by atoms with E-state index in [1.807, 2.05) is 0 Å². The molecule has 0 radical (unpaired) electrons. The number of amides is 1. The summed E-state index contributed by atoms with van der Waals surface area (Å²) in [5.74, 6) is 0.935. The van der Waals surface area contributed by atoms with Crippen LogP contribution in [0.3, 0.4) is 0 Å². The van der Waals surface area contributed by atoms with Crippen LogP contribution in [-0.2, 0) is 5.54 Å². The topological polar surface area (TPSA) is 85.3 Å². The number of rotatable bonds is 4. The third-order valence-corrected chi connectivity index (χ3v) is 5.33. The molecule has 2 fully saturated rings. The van der Waals surface area contributed by atoms with Crippen molar-refractivity contribution in [3.8, 4) is 0 Å². The molecule has 8 heteroatoms. The van der Waals surface area contributed by atoms with Gasteiger partial charge in [-0.15, -0.1) is 0 Å². The van der Waals surface area contributed by atoms with E-state index in [1.54, 1.807) is 12.3 Å². The standard InChI is InChI=1S/C18H18FN5O2/c19-12-4-3-9-24-13(12)10-20-14(24)15(25)22-18(7-1-2-8-18)17-21-16(26-23-17)11-5-6-11/h3-4,9-11H,1-2,5-8H2,(H,22,25). The summed E-state index contributed by atoms with van der Waals surface area (Å²) in [4.78, 5) is 21.6. The van der Waals surface area contributed by atoms with Crippen molar-refractivity contribution < 1.29 is 13.7 Å².